The molecule has 1 N–H and O–H groups in total. The molecule has 3 nitrogen and oxygen atoms in total. The fraction of sp³-hybridized carbons (Fsp3) is 0.370. The van der Waals surface area contributed by atoms with Crippen molar-refractivity contribution in [3.8, 4) is 0 Å². The van der Waals surface area contributed by atoms with Gasteiger partial charge in [-0.25, -0.2) is 0 Å². The third-order valence-electron chi connectivity index (χ3n) is 6.74. The second kappa shape index (κ2) is 8.39. The van der Waals surface area contributed by atoms with Crippen LogP contribution in [0.5, 0.6) is 0 Å². The molecule has 5 heteroatoms. The van der Waals surface area contributed by atoms with E-state index in [1.165, 1.54) is 35.1 Å². The first-order valence-electron chi connectivity index (χ1n) is 11.0. The van der Waals surface area contributed by atoms with Crippen molar-refractivity contribution < 1.29 is 9.21 Å². The molecule has 3 aromatic rings. The second-order valence-corrected chi connectivity index (χ2v) is 11.4. The molecule has 0 spiro atoms. The van der Waals surface area contributed by atoms with Crippen LogP contribution in [0.1, 0.15) is 79.1 Å². The lowest BCUT2D eigenvalue weighted by atomic mass is 9.62. The maximum absolute atomic E-state index is 12.7. The van der Waals surface area contributed by atoms with Crippen LogP contribution >= 0.6 is 27.5 Å². The number of fused-ring (bicyclic) bond motifs is 1. The van der Waals surface area contributed by atoms with Crippen LogP contribution in [0.2, 0.25) is 5.02 Å². The Morgan fingerprint density at radius 1 is 1.03 bits per heavy atom. The number of halogens is 2. The minimum absolute atomic E-state index is 0.160. The highest BCUT2D eigenvalue weighted by atomic mass is 79.9. The maximum Gasteiger partial charge on any atom is 0.291 e. The number of benzene rings is 2. The molecule has 1 amide bonds. The van der Waals surface area contributed by atoms with Crippen LogP contribution in [0.3, 0.4) is 0 Å². The first-order chi connectivity index (χ1) is 15.0. The van der Waals surface area contributed by atoms with E-state index in [1.54, 1.807) is 24.3 Å². The number of aryl methyl sites for hydroxylation is 1. The molecule has 0 bridgehead atoms. The Morgan fingerprint density at radius 3 is 2.34 bits per heavy atom. The molecule has 1 aromatic heterocycles. The van der Waals surface area contributed by atoms with Crippen molar-refractivity contribution in [1.82, 2.24) is 0 Å². The molecular weight excluding hydrogens is 486 g/mol. The number of carbonyl (C=O) groups is 1. The summed E-state index contributed by atoms with van der Waals surface area (Å²) in [4.78, 5) is 12.7. The van der Waals surface area contributed by atoms with Crippen molar-refractivity contribution in [2.75, 3.05) is 5.32 Å². The van der Waals surface area contributed by atoms with E-state index in [2.05, 4.69) is 68.0 Å². The molecule has 0 saturated heterocycles. The predicted molar refractivity (Wildman–Crippen MR) is 135 cm³/mol. The monoisotopic (exact) mass is 513 g/mol. The van der Waals surface area contributed by atoms with Crippen molar-refractivity contribution in [2.45, 2.75) is 64.7 Å². The SMILES string of the molecule is Cc1cc2c(cc1Cc1ccc(C(=O)Nc3ccc(Cl)cc3Br)o1)C(C)(C)CCC2(C)C. The zero-order valence-electron chi connectivity index (χ0n) is 19.2. The van der Waals surface area contributed by atoms with Crippen LogP contribution in [-0.4, -0.2) is 5.91 Å². The van der Waals surface area contributed by atoms with Crippen molar-refractivity contribution in [2.24, 2.45) is 0 Å². The van der Waals surface area contributed by atoms with Crippen molar-refractivity contribution in [3.05, 3.63) is 85.7 Å². The number of furan rings is 1. The molecule has 1 aliphatic rings. The van der Waals surface area contributed by atoms with Gasteiger partial charge in [-0.3, -0.25) is 4.79 Å². The summed E-state index contributed by atoms with van der Waals surface area (Å²) in [6.07, 6.45) is 3.04. The molecule has 32 heavy (non-hydrogen) atoms. The molecule has 4 rings (SSSR count). The fourth-order valence-corrected chi connectivity index (χ4v) is 5.30. The maximum atomic E-state index is 12.7. The van der Waals surface area contributed by atoms with E-state index in [9.17, 15) is 4.79 Å². The lowest BCUT2D eigenvalue weighted by Crippen LogP contribution is -2.34. The van der Waals surface area contributed by atoms with Crippen LogP contribution in [-0.2, 0) is 17.3 Å². The molecule has 2 aromatic carbocycles. The fourth-order valence-electron chi connectivity index (χ4n) is 4.51. The van der Waals surface area contributed by atoms with Gasteiger partial charge in [0.25, 0.3) is 5.91 Å². The Hall–Kier alpha value is -2.04. The summed E-state index contributed by atoms with van der Waals surface area (Å²) in [5, 5.41) is 3.46. The standard InChI is InChI=1S/C27H29BrClNO2/c1-16-12-20-21(27(4,5)11-10-26(20,2)3)14-17(16)13-19-7-9-24(32-19)25(31)30-23-8-6-18(29)15-22(23)28/h6-9,12,14-15H,10-11,13H2,1-5H3,(H,30,31). The summed E-state index contributed by atoms with van der Waals surface area (Å²) >= 11 is 9.40. The third kappa shape index (κ3) is 4.53. The Balaban J connectivity index is 1.57. The number of nitrogens with one attached hydrogen (secondary N) is 1. The van der Waals surface area contributed by atoms with Gasteiger partial charge in [-0.15, -0.1) is 0 Å². The summed E-state index contributed by atoms with van der Waals surface area (Å²) in [6.45, 7) is 11.5. The van der Waals surface area contributed by atoms with Crippen LogP contribution in [0.4, 0.5) is 5.69 Å². The minimum Gasteiger partial charge on any atom is -0.456 e. The van der Waals surface area contributed by atoms with Gasteiger partial charge < -0.3 is 9.73 Å². The number of anilines is 1. The van der Waals surface area contributed by atoms with E-state index in [4.69, 9.17) is 16.0 Å². The molecule has 0 aliphatic heterocycles. The predicted octanol–water partition coefficient (Wildman–Crippen LogP) is 8.20. The van der Waals surface area contributed by atoms with Crippen LogP contribution in [0.15, 0.2) is 51.4 Å². The molecule has 0 radical (unpaired) electrons. The van der Waals surface area contributed by atoms with E-state index in [-0.39, 0.29) is 16.7 Å². The zero-order chi connectivity index (χ0) is 23.3. The molecule has 0 fully saturated rings. The van der Waals surface area contributed by atoms with Gasteiger partial charge in [0, 0.05) is 15.9 Å². The van der Waals surface area contributed by atoms with E-state index in [0.717, 1.165) is 10.2 Å². The van der Waals surface area contributed by atoms with Gasteiger partial charge in [0.15, 0.2) is 5.76 Å². The molecule has 0 atom stereocenters. The normalized spacial score (nSPS) is 16.5. The Bertz CT molecular complexity index is 1190. The molecule has 0 saturated carbocycles. The number of amides is 1. The third-order valence-corrected chi connectivity index (χ3v) is 7.63. The lowest BCUT2D eigenvalue weighted by Gasteiger charge is -2.42. The largest absolute Gasteiger partial charge is 0.456 e. The van der Waals surface area contributed by atoms with Crippen molar-refractivity contribution in [1.29, 1.82) is 0 Å². The van der Waals surface area contributed by atoms with Gasteiger partial charge in [0.2, 0.25) is 0 Å². The van der Waals surface area contributed by atoms with Gasteiger partial charge >= 0.3 is 0 Å². The van der Waals surface area contributed by atoms with Gasteiger partial charge in [-0.1, -0.05) is 51.4 Å². The average molecular weight is 515 g/mol. The molecule has 1 heterocycles. The Morgan fingerprint density at radius 2 is 1.69 bits per heavy atom. The molecule has 168 valence electrons. The van der Waals surface area contributed by atoms with Gasteiger partial charge in [0.05, 0.1) is 5.69 Å². The van der Waals surface area contributed by atoms with E-state index < -0.39 is 0 Å². The summed E-state index contributed by atoms with van der Waals surface area (Å²) < 4.78 is 6.65. The van der Waals surface area contributed by atoms with Crippen LogP contribution in [0, 0.1) is 6.92 Å². The quantitative estimate of drug-likeness (QED) is 0.381. The zero-order valence-corrected chi connectivity index (χ0v) is 21.6. The van der Waals surface area contributed by atoms with E-state index >= 15 is 0 Å². The van der Waals surface area contributed by atoms with Crippen LogP contribution < -0.4 is 5.32 Å². The number of carbonyl (C=O) groups excluding carboxylic acids is 1. The van der Waals surface area contributed by atoms with Crippen molar-refractivity contribution in [3.63, 3.8) is 0 Å². The summed E-state index contributed by atoms with van der Waals surface area (Å²) in [7, 11) is 0. The van der Waals surface area contributed by atoms with Crippen LogP contribution in [0.25, 0.3) is 0 Å². The van der Waals surface area contributed by atoms with Crippen molar-refractivity contribution >= 4 is 39.1 Å². The minimum atomic E-state index is -0.288. The van der Waals surface area contributed by atoms with Gasteiger partial charge in [-0.2, -0.15) is 0 Å². The topological polar surface area (TPSA) is 42.2 Å². The molecule has 1 aliphatic carbocycles. The van der Waals surface area contributed by atoms with Gasteiger partial charge in [0.1, 0.15) is 5.76 Å². The average Bonchev–Trinajstić information content (AvgIpc) is 3.18. The number of hydrogen-bond acceptors (Lipinski definition) is 2. The van der Waals surface area contributed by atoms with E-state index in [0.29, 0.717) is 22.9 Å². The smallest absolute Gasteiger partial charge is 0.291 e. The van der Waals surface area contributed by atoms with E-state index in [1.807, 2.05) is 6.07 Å². The number of hydrogen-bond donors (Lipinski definition) is 1. The lowest BCUT2D eigenvalue weighted by molar-refractivity contribution is 0.0995. The summed E-state index contributed by atoms with van der Waals surface area (Å²) in [5.74, 6) is 0.782. The molecular formula is C27H29BrClNO2. The highest BCUT2D eigenvalue weighted by Gasteiger charge is 2.37. The highest BCUT2D eigenvalue weighted by molar-refractivity contribution is 9.10. The summed E-state index contributed by atoms with van der Waals surface area (Å²) in [6, 6.07) is 13.6. The second-order valence-electron chi connectivity index (χ2n) is 10.1. The van der Waals surface area contributed by atoms with Gasteiger partial charge in [-0.05, 0) is 99.1 Å². The Labute approximate surface area is 203 Å². The first kappa shape index (κ1) is 23.1. The summed E-state index contributed by atoms with van der Waals surface area (Å²) in [5.41, 5.74) is 6.41. The molecule has 0 unspecified atom stereocenters. The first-order valence-corrected chi connectivity index (χ1v) is 12.1. The Kier molecular flexibility index (Phi) is 6.06. The number of rotatable bonds is 4. The highest BCUT2D eigenvalue weighted by Crippen LogP contribution is 2.46.